The molecule has 26 heavy (non-hydrogen) atoms. The Morgan fingerprint density at radius 1 is 1.15 bits per heavy atom. The van der Waals surface area contributed by atoms with E-state index in [2.05, 4.69) is 16.2 Å². The molecule has 0 bridgehead atoms. The number of rotatable bonds is 6. The molecule has 2 aromatic rings. The molecule has 2 amide bonds. The van der Waals surface area contributed by atoms with E-state index in [1.807, 2.05) is 12.1 Å². The molecule has 0 aromatic heterocycles. The quantitative estimate of drug-likeness (QED) is 0.614. The Labute approximate surface area is 155 Å². The van der Waals surface area contributed by atoms with Crippen LogP contribution < -0.4 is 26.6 Å². The minimum absolute atomic E-state index is 0.103. The predicted octanol–water partition coefficient (Wildman–Crippen LogP) is 1.61. The Bertz CT molecular complexity index is 780. The second-order valence-corrected chi connectivity index (χ2v) is 6.37. The number of hydrogen-bond donors (Lipinski definition) is 4. The van der Waals surface area contributed by atoms with Crippen molar-refractivity contribution in [2.45, 2.75) is 6.04 Å². The summed E-state index contributed by atoms with van der Waals surface area (Å²) in [6.45, 7) is 0.326. The van der Waals surface area contributed by atoms with E-state index in [1.165, 1.54) is 0 Å². The van der Waals surface area contributed by atoms with Crippen LogP contribution in [0.3, 0.4) is 0 Å². The van der Waals surface area contributed by atoms with Gasteiger partial charge >= 0.3 is 0 Å². The van der Waals surface area contributed by atoms with E-state index in [0.29, 0.717) is 23.0 Å². The summed E-state index contributed by atoms with van der Waals surface area (Å²) in [7, 11) is 0. The average Bonchev–Trinajstić information content (AvgIpc) is 3.11. The molecular weight excluding hydrogens is 356 g/mol. The van der Waals surface area contributed by atoms with Gasteiger partial charge < -0.3 is 15.8 Å². The smallest absolute Gasteiger partial charge is 0.255 e. The summed E-state index contributed by atoms with van der Waals surface area (Å²) in [5.41, 5.74) is 12.8. The van der Waals surface area contributed by atoms with E-state index in [-0.39, 0.29) is 24.5 Å². The maximum absolute atomic E-state index is 12.7. The van der Waals surface area contributed by atoms with Crippen LogP contribution in [0.15, 0.2) is 48.5 Å². The number of carbonyl (C=O) groups excluding carboxylic acids is 2. The van der Waals surface area contributed by atoms with Crippen molar-refractivity contribution >= 4 is 29.1 Å². The Morgan fingerprint density at radius 3 is 2.50 bits per heavy atom. The van der Waals surface area contributed by atoms with Crippen molar-refractivity contribution in [3.8, 4) is 5.75 Å². The number of carbonyl (C=O) groups is 2. The lowest BCUT2D eigenvalue weighted by Crippen LogP contribution is -2.29. The molecule has 5 N–H and O–H groups in total. The summed E-state index contributed by atoms with van der Waals surface area (Å²) in [5, 5.41) is 3.55. The summed E-state index contributed by atoms with van der Waals surface area (Å²) in [5.74, 6) is -0.419. The number of ether oxygens (including phenoxy) is 1. The average molecular weight is 375 g/mol. The van der Waals surface area contributed by atoms with Crippen LogP contribution in [-0.4, -0.2) is 25.0 Å². The van der Waals surface area contributed by atoms with Gasteiger partial charge in [-0.25, -0.2) is 5.43 Å². The number of hydrazine groups is 1. The zero-order valence-electron chi connectivity index (χ0n) is 13.9. The van der Waals surface area contributed by atoms with Gasteiger partial charge in [0.1, 0.15) is 5.75 Å². The summed E-state index contributed by atoms with van der Waals surface area (Å²) in [4.78, 5) is 23.4. The number of anilines is 1. The maximum atomic E-state index is 12.7. The van der Waals surface area contributed by atoms with Crippen LogP contribution >= 0.6 is 11.6 Å². The second-order valence-electron chi connectivity index (χ2n) is 5.93. The first-order valence-electron chi connectivity index (χ1n) is 8.09. The predicted molar refractivity (Wildman–Crippen MR) is 98.6 cm³/mol. The van der Waals surface area contributed by atoms with E-state index >= 15 is 0 Å². The molecule has 1 aliphatic rings. The number of hydrogen-bond acceptors (Lipinski definition) is 5. The fourth-order valence-electron chi connectivity index (χ4n) is 2.75. The molecule has 7 nitrogen and oxygen atoms in total. The number of amides is 2. The molecule has 0 aliphatic carbocycles. The number of primary amides is 1. The number of nitrogens with one attached hydrogen (secondary N) is 3. The van der Waals surface area contributed by atoms with Crippen LogP contribution in [0.5, 0.6) is 5.75 Å². The minimum atomic E-state index is -0.545. The van der Waals surface area contributed by atoms with E-state index in [1.54, 1.807) is 36.4 Å². The van der Waals surface area contributed by atoms with Gasteiger partial charge in [-0.3, -0.25) is 15.0 Å². The molecule has 2 unspecified atom stereocenters. The molecule has 1 aliphatic heterocycles. The lowest BCUT2D eigenvalue weighted by Gasteiger charge is -2.18. The van der Waals surface area contributed by atoms with Gasteiger partial charge in [0.05, 0.1) is 12.0 Å². The van der Waals surface area contributed by atoms with Crippen molar-refractivity contribution < 1.29 is 14.3 Å². The molecule has 1 fully saturated rings. The third-order valence-corrected chi connectivity index (χ3v) is 4.30. The maximum Gasteiger partial charge on any atom is 0.255 e. The van der Waals surface area contributed by atoms with Gasteiger partial charge in [0.15, 0.2) is 6.61 Å². The van der Waals surface area contributed by atoms with E-state index < -0.39 is 5.91 Å². The Kier molecular flexibility index (Phi) is 5.72. The molecule has 1 heterocycles. The van der Waals surface area contributed by atoms with Gasteiger partial charge in [-0.15, -0.1) is 0 Å². The first-order chi connectivity index (χ1) is 12.5. The highest BCUT2D eigenvalue weighted by Gasteiger charge is 2.33. The van der Waals surface area contributed by atoms with E-state index in [4.69, 9.17) is 22.1 Å². The molecule has 0 radical (unpaired) electrons. The molecule has 0 spiro atoms. The van der Waals surface area contributed by atoms with Gasteiger partial charge in [0, 0.05) is 17.3 Å². The third-order valence-electron chi connectivity index (χ3n) is 4.05. The number of benzene rings is 2. The highest BCUT2D eigenvalue weighted by atomic mass is 35.5. The zero-order valence-corrected chi connectivity index (χ0v) is 14.6. The van der Waals surface area contributed by atoms with E-state index in [9.17, 15) is 9.59 Å². The van der Waals surface area contributed by atoms with Gasteiger partial charge in [-0.1, -0.05) is 23.7 Å². The third kappa shape index (κ3) is 4.51. The van der Waals surface area contributed by atoms with Crippen LogP contribution in [0.1, 0.15) is 11.6 Å². The van der Waals surface area contributed by atoms with Crippen molar-refractivity contribution in [2.24, 2.45) is 11.7 Å². The highest BCUT2D eigenvalue weighted by molar-refractivity contribution is 6.30. The van der Waals surface area contributed by atoms with Crippen LogP contribution in [0.2, 0.25) is 5.02 Å². The monoisotopic (exact) mass is 374 g/mol. The Hall–Kier alpha value is -2.61. The normalized spacial score (nSPS) is 19.1. The van der Waals surface area contributed by atoms with E-state index in [0.717, 1.165) is 5.56 Å². The summed E-state index contributed by atoms with van der Waals surface area (Å²) in [6, 6.07) is 14.0. The van der Waals surface area contributed by atoms with Gasteiger partial charge in [-0.05, 0) is 42.0 Å². The topological polar surface area (TPSA) is 105 Å². The van der Waals surface area contributed by atoms with Crippen LogP contribution in [-0.2, 0) is 9.59 Å². The van der Waals surface area contributed by atoms with Crippen molar-refractivity contribution in [3.05, 3.63) is 59.1 Å². The molecule has 1 saturated heterocycles. The van der Waals surface area contributed by atoms with Gasteiger partial charge in [-0.2, -0.15) is 0 Å². The lowest BCUT2D eigenvalue weighted by molar-refractivity contribution is -0.120. The first kappa shape index (κ1) is 18.2. The second kappa shape index (κ2) is 8.18. The van der Waals surface area contributed by atoms with Crippen LogP contribution in [0.25, 0.3) is 0 Å². The van der Waals surface area contributed by atoms with Crippen molar-refractivity contribution in [2.75, 3.05) is 18.5 Å². The summed E-state index contributed by atoms with van der Waals surface area (Å²) < 4.78 is 5.19. The number of halogens is 1. The summed E-state index contributed by atoms with van der Waals surface area (Å²) >= 11 is 5.93. The summed E-state index contributed by atoms with van der Waals surface area (Å²) in [6.07, 6.45) is 0. The Morgan fingerprint density at radius 2 is 1.85 bits per heavy atom. The fraction of sp³-hybridized carbons (Fsp3) is 0.222. The molecule has 136 valence electrons. The van der Waals surface area contributed by atoms with Crippen LogP contribution in [0.4, 0.5) is 5.69 Å². The van der Waals surface area contributed by atoms with Gasteiger partial charge in [0.25, 0.3) is 5.91 Å². The molecule has 0 saturated carbocycles. The largest absolute Gasteiger partial charge is 0.484 e. The van der Waals surface area contributed by atoms with Gasteiger partial charge in [0.2, 0.25) is 5.91 Å². The lowest BCUT2D eigenvalue weighted by atomic mass is 9.94. The molecule has 2 aromatic carbocycles. The Balaban J connectivity index is 1.63. The van der Waals surface area contributed by atoms with Crippen molar-refractivity contribution in [1.29, 1.82) is 0 Å². The highest BCUT2D eigenvalue weighted by Crippen LogP contribution is 2.27. The first-order valence-corrected chi connectivity index (χ1v) is 8.46. The molecule has 2 atom stereocenters. The molecule has 3 rings (SSSR count). The zero-order chi connectivity index (χ0) is 18.5. The molecular formula is C18H19ClN4O3. The van der Waals surface area contributed by atoms with Crippen molar-refractivity contribution in [3.63, 3.8) is 0 Å². The standard InChI is InChI=1S/C18H19ClN4O3/c19-12-3-1-11(2-4-12)17-15(9-21-23-17)18(25)22-13-5-7-14(8-6-13)26-10-16(20)24/h1-8,15,17,21,23H,9-10H2,(H2,20,24)(H,22,25). The fourth-order valence-corrected chi connectivity index (χ4v) is 2.88. The minimum Gasteiger partial charge on any atom is -0.484 e. The van der Waals surface area contributed by atoms with Crippen LogP contribution in [0, 0.1) is 5.92 Å². The molecule has 8 heteroatoms. The SMILES string of the molecule is NC(=O)COc1ccc(NC(=O)C2CNNC2c2ccc(Cl)cc2)cc1. The number of nitrogens with two attached hydrogens (primary N) is 1. The van der Waals surface area contributed by atoms with Crippen molar-refractivity contribution in [1.82, 2.24) is 10.9 Å².